The zero-order valence-corrected chi connectivity index (χ0v) is 15.7. The van der Waals surface area contributed by atoms with E-state index in [-0.39, 0.29) is 5.91 Å². The first kappa shape index (κ1) is 16.6. The standard InChI is InChI=1S/C18H15BrN2O3S/c19-14-4-2-1-3-13(14)15-6-5-12(24-15)11-16-17(22)20-18(25-16)21-7-9-23-10-8-21/h1-6,11H,7-10H2. The van der Waals surface area contributed by atoms with Crippen molar-refractivity contribution in [2.75, 3.05) is 26.3 Å². The number of carbonyl (C=O) groups is 1. The Balaban J connectivity index is 1.52. The Hall–Kier alpha value is -1.83. The van der Waals surface area contributed by atoms with E-state index < -0.39 is 0 Å². The SMILES string of the molecule is O=C1N=C(N2CCOCC2)SC1=Cc1ccc(-c2ccccc2Br)o1. The van der Waals surface area contributed by atoms with Crippen LogP contribution in [0.3, 0.4) is 0 Å². The van der Waals surface area contributed by atoms with Gasteiger partial charge in [-0.1, -0.05) is 34.1 Å². The lowest BCUT2D eigenvalue weighted by Crippen LogP contribution is -2.38. The van der Waals surface area contributed by atoms with E-state index in [1.165, 1.54) is 11.8 Å². The van der Waals surface area contributed by atoms with Crippen molar-refractivity contribution in [1.82, 2.24) is 4.90 Å². The second-order valence-electron chi connectivity index (χ2n) is 5.59. The van der Waals surface area contributed by atoms with Crippen LogP contribution >= 0.6 is 27.7 Å². The summed E-state index contributed by atoms with van der Waals surface area (Å²) in [6.45, 7) is 2.86. The zero-order valence-electron chi connectivity index (χ0n) is 13.3. The molecular weight excluding hydrogens is 404 g/mol. The summed E-state index contributed by atoms with van der Waals surface area (Å²) in [5.74, 6) is 1.18. The molecule has 0 bridgehead atoms. The van der Waals surface area contributed by atoms with Gasteiger partial charge < -0.3 is 14.1 Å². The molecule has 3 heterocycles. The van der Waals surface area contributed by atoms with Gasteiger partial charge in [-0.15, -0.1) is 0 Å². The average molecular weight is 419 g/mol. The number of aliphatic imine (C=N–C) groups is 1. The molecule has 0 radical (unpaired) electrons. The molecule has 0 unspecified atom stereocenters. The Labute approximate surface area is 157 Å². The number of amidine groups is 1. The molecule has 0 spiro atoms. The summed E-state index contributed by atoms with van der Waals surface area (Å²) < 4.78 is 12.2. The molecule has 0 aliphatic carbocycles. The summed E-state index contributed by atoms with van der Waals surface area (Å²) in [4.78, 5) is 19.0. The first-order chi connectivity index (χ1) is 12.2. The van der Waals surface area contributed by atoms with Gasteiger partial charge >= 0.3 is 0 Å². The van der Waals surface area contributed by atoms with Crippen LogP contribution in [-0.2, 0) is 9.53 Å². The third-order valence-corrected chi connectivity index (χ3v) is 5.67. The molecule has 5 nitrogen and oxygen atoms in total. The van der Waals surface area contributed by atoms with Crippen molar-refractivity contribution < 1.29 is 13.9 Å². The number of thioether (sulfide) groups is 1. The van der Waals surface area contributed by atoms with Crippen LogP contribution in [0, 0.1) is 0 Å². The average Bonchev–Trinajstić information content (AvgIpc) is 3.24. The van der Waals surface area contributed by atoms with Crippen LogP contribution in [-0.4, -0.2) is 42.3 Å². The summed E-state index contributed by atoms with van der Waals surface area (Å²) in [7, 11) is 0. The van der Waals surface area contributed by atoms with E-state index >= 15 is 0 Å². The molecule has 2 aliphatic rings. The van der Waals surface area contributed by atoms with E-state index in [0.717, 1.165) is 34.1 Å². The van der Waals surface area contributed by atoms with E-state index in [1.807, 2.05) is 36.4 Å². The quantitative estimate of drug-likeness (QED) is 0.689. The number of morpholine rings is 1. The fraction of sp³-hybridized carbons (Fsp3) is 0.222. The van der Waals surface area contributed by atoms with Crippen LogP contribution in [0.15, 0.2) is 55.2 Å². The van der Waals surface area contributed by atoms with Gasteiger partial charge in [0.1, 0.15) is 11.5 Å². The van der Waals surface area contributed by atoms with Crippen molar-refractivity contribution in [2.45, 2.75) is 0 Å². The third kappa shape index (κ3) is 3.58. The number of furan rings is 1. The lowest BCUT2D eigenvalue weighted by molar-refractivity contribution is -0.113. The molecule has 0 N–H and O–H groups in total. The van der Waals surface area contributed by atoms with Gasteiger partial charge in [0.2, 0.25) is 0 Å². The second kappa shape index (κ2) is 7.19. The number of carbonyl (C=O) groups excluding carboxylic acids is 1. The van der Waals surface area contributed by atoms with Crippen LogP contribution in [0.25, 0.3) is 17.4 Å². The highest BCUT2D eigenvalue weighted by atomic mass is 79.9. The molecule has 25 heavy (non-hydrogen) atoms. The topological polar surface area (TPSA) is 55.0 Å². The van der Waals surface area contributed by atoms with Gasteiger partial charge in [-0.25, -0.2) is 0 Å². The first-order valence-electron chi connectivity index (χ1n) is 7.91. The number of benzene rings is 1. The van der Waals surface area contributed by atoms with Crippen LogP contribution in [0.5, 0.6) is 0 Å². The number of hydrogen-bond acceptors (Lipinski definition) is 5. The number of rotatable bonds is 2. The van der Waals surface area contributed by atoms with Crippen molar-refractivity contribution in [3.63, 3.8) is 0 Å². The van der Waals surface area contributed by atoms with Crippen molar-refractivity contribution in [3.05, 3.63) is 51.5 Å². The van der Waals surface area contributed by atoms with Crippen LogP contribution in [0.1, 0.15) is 5.76 Å². The first-order valence-corrected chi connectivity index (χ1v) is 9.52. The van der Waals surface area contributed by atoms with E-state index in [1.54, 1.807) is 6.08 Å². The van der Waals surface area contributed by atoms with Crippen molar-refractivity contribution >= 4 is 44.8 Å². The summed E-state index contributed by atoms with van der Waals surface area (Å²) in [6.07, 6.45) is 1.75. The van der Waals surface area contributed by atoms with Gasteiger partial charge in [0, 0.05) is 29.2 Å². The van der Waals surface area contributed by atoms with Crippen molar-refractivity contribution in [2.24, 2.45) is 4.99 Å². The Bertz CT molecular complexity index is 869. The van der Waals surface area contributed by atoms with Gasteiger partial charge in [0.15, 0.2) is 5.17 Å². The van der Waals surface area contributed by atoms with Crippen molar-refractivity contribution in [3.8, 4) is 11.3 Å². The minimum absolute atomic E-state index is 0.217. The van der Waals surface area contributed by atoms with Crippen LogP contribution < -0.4 is 0 Å². The van der Waals surface area contributed by atoms with Gasteiger partial charge in [0.05, 0.1) is 18.1 Å². The monoisotopic (exact) mass is 418 g/mol. The highest BCUT2D eigenvalue weighted by Gasteiger charge is 2.27. The van der Waals surface area contributed by atoms with Crippen molar-refractivity contribution in [1.29, 1.82) is 0 Å². The molecule has 4 rings (SSSR count). The molecule has 2 aromatic rings. The number of amides is 1. The van der Waals surface area contributed by atoms with Crippen LogP contribution in [0.4, 0.5) is 0 Å². The van der Waals surface area contributed by atoms with Gasteiger partial charge in [-0.05, 0) is 30.0 Å². The highest BCUT2D eigenvalue weighted by molar-refractivity contribution is 9.10. The van der Waals surface area contributed by atoms with E-state index in [2.05, 4.69) is 25.8 Å². The molecule has 128 valence electrons. The fourth-order valence-corrected chi connectivity index (χ4v) is 4.08. The normalized spacial score (nSPS) is 19.6. The predicted molar refractivity (Wildman–Crippen MR) is 102 cm³/mol. The molecular formula is C18H15BrN2O3S. The number of hydrogen-bond donors (Lipinski definition) is 0. The minimum atomic E-state index is -0.217. The maximum absolute atomic E-state index is 12.2. The molecule has 0 saturated carbocycles. The molecule has 2 aliphatic heterocycles. The summed E-state index contributed by atoms with van der Waals surface area (Å²) in [5, 5.41) is 0.747. The second-order valence-corrected chi connectivity index (χ2v) is 7.45. The Morgan fingerprint density at radius 1 is 1.16 bits per heavy atom. The Morgan fingerprint density at radius 3 is 2.76 bits per heavy atom. The minimum Gasteiger partial charge on any atom is -0.457 e. The van der Waals surface area contributed by atoms with E-state index in [9.17, 15) is 4.79 Å². The Morgan fingerprint density at radius 2 is 1.96 bits per heavy atom. The largest absolute Gasteiger partial charge is 0.457 e. The molecule has 0 atom stereocenters. The molecule has 1 fully saturated rings. The highest BCUT2D eigenvalue weighted by Crippen LogP contribution is 2.33. The summed E-state index contributed by atoms with van der Waals surface area (Å²) >= 11 is 4.92. The van der Waals surface area contributed by atoms with Gasteiger partial charge in [0.25, 0.3) is 5.91 Å². The smallest absolute Gasteiger partial charge is 0.286 e. The van der Waals surface area contributed by atoms with Gasteiger partial charge in [-0.3, -0.25) is 4.79 Å². The lowest BCUT2D eigenvalue weighted by atomic mass is 10.2. The third-order valence-electron chi connectivity index (χ3n) is 3.93. The number of nitrogens with zero attached hydrogens (tertiary/aromatic N) is 2. The van der Waals surface area contributed by atoms with E-state index in [0.29, 0.717) is 23.9 Å². The fourth-order valence-electron chi connectivity index (χ4n) is 2.65. The molecule has 1 saturated heterocycles. The maximum Gasteiger partial charge on any atom is 0.286 e. The van der Waals surface area contributed by atoms with Gasteiger partial charge in [-0.2, -0.15) is 4.99 Å². The lowest BCUT2D eigenvalue weighted by Gasteiger charge is -2.27. The zero-order chi connectivity index (χ0) is 17.2. The number of ether oxygens (including phenoxy) is 1. The number of halogens is 1. The maximum atomic E-state index is 12.2. The molecule has 1 aromatic heterocycles. The molecule has 1 aromatic carbocycles. The summed E-state index contributed by atoms with van der Waals surface area (Å²) in [6, 6.07) is 11.6. The molecule has 1 amide bonds. The van der Waals surface area contributed by atoms with Crippen LogP contribution in [0.2, 0.25) is 0 Å². The summed E-state index contributed by atoms with van der Waals surface area (Å²) in [5.41, 5.74) is 0.975. The molecule has 7 heteroatoms. The predicted octanol–water partition coefficient (Wildman–Crippen LogP) is 4.01. The van der Waals surface area contributed by atoms with E-state index in [4.69, 9.17) is 9.15 Å². The Kier molecular flexibility index (Phi) is 4.78.